The molecular weight excluding hydrogens is 300 g/mol. The van der Waals surface area contributed by atoms with Crippen LogP contribution in [-0.4, -0.2) is 16.5 Å². The van der Waals surface area contributed by atoms with Crippen molar-refractivity contribution in [1.29, 1.82) is 0 Å². The van der Waals surface area contributed by atoms with Crippen LogP contribution in [0.15, 0.2) is 10.9 Å². The van der Waals surface area contributed by atoms with Gasteiger partial charge in [-0.1, -0.05) is 33.6 Å². The number of aromatic nitrogens is 1. The molecule has 1 unspecified atom stereocenters. The molecule has 1 N–H and O–H groups in total. The van der Waals surface area contributed by atoms with Crippen LogP contribution >= 0.6 is 0 Å². The molecule has 1 atom stereocenters. The standard InChI is InChI=1S/C20H32N2O2/c1-4-7-13-22-18-12-9-8-11-15(18)14-17(20(22)24)19(23)21-16(6-3)10-5-2/h14,16H,4-13H2,1-3H3,(H,21,23). The van der Waals surface area contributed by atoms with E-state index in [4.69, 9.17) is 0 Å². The Balaban J connectivity index is 2.35. The van der Waals surface area contributed by atoms with Gasteiger partial charge >= 0.3 is 0 Å². The molecule has 4 heteroatoms. The Morgan fingerprint density at radius 2 is 1.96 bits per heavy atom. The predicted molar refractivity (Wildman–Crippen MR) is 98.7 cm³/mol. The smallest absolute Gasteiger partial charge is 0.263 e. The van der Waals surface area contributed by atoms with Gasteiger partial charge in [0.2, 0.25) is 0 Å². The molecule has 0 aliphatic heterocycles. The van der Waals surface area contributed by atoms with Gasteiger partial charge in [-0.25, -0.2) is 0 Å². The van der Waals surface area contributed by atoms with Gasteiger partial charge in [0.25, 0.3) is 11.5 Å². The van der Waals surface area contributed by atoms with Gasteiger partial charge in [-0.3, -0.25) is 9.59 Å². The number of amides is 1. The lowest BCUT2D eigenvalue weighted by molar-refractivity contribution is 0.0931. The summed E-state index contributed by atoms with van der Waals surface area (Å²) in [5, 5.41) is 3.06. The van der Waals surface area contributed by atoms with Gasteiger partial charge in [-0.05, 0) is 56.6 Å². The van der Waals surface area contributed by atoms with Gasteiger partial charge < -0.3 is 9.88 Å². The number of aryl methyl sites for hydroxylation is 1. The first-order valence-electron chi connectivity index (χ1n) is 9.68. The van der Waals surface area contributed by atoms with Gasteiger partial charge in [0.05, 0.1) is 0 Å². The Morgan fingerprint density at radius 1 is 1.21 bits per heavy atom. The lowest BCUT2D eigenvalue weighted by Crippen LogP contribution is -2.40. The van der Waals surface area contributed by atoms with E-state index in [0.717, 1.165) is 70.0 Å². The number of unbranched alkanes of at least 4 members (excludes halogenated alkanes) is 1. The molecule has 0 spiro atoms. The lowest BCUT2D eigenvalue weighted by atomic mass is 9.94. The fourth-order valence-corrected chi connectivity index (χ4v) is 3.59. The molecule has 0 aromatic carbocycles. The summed E-state index contributed by atoms with van der Waals surface area (Å²) in [6.07, 6.45) is 9.14. The third-order valence-electron chi connectivity index (χ3n) is 5.05. The van der Waals surface area contributed by atoms with E-state index in [1.165, 1.54) is 5.56 Å². The van der Waals surface area contributed by atoms with Crippen molar-refractivity contribution >= 4 is 5.91 Å². The van der Waals surface area contributed by atoms with Crippen LogP contribution in [-0.2, 0) is 19.4 Å². The number of nitrogens with zero attached hydrogens (tertiary/aromatic N) is 1. The molecule has 4 nitrogen and oxygen atoms in total. The maximum atomic E-state index is 12.9. The van der Waals surface area contributed by atoms with E-state index in [2.05, 4.69) is 26.1 Å². The summed E-state index contributed by atoms with van der Waals surface area (Å²) in [5.41, 5.74) is 2.59. The predicted octanol–water partition coefficient (Wildman–Crippen LogP) is 3.84. The molecule has 1 heterocycles. The zero-order valence-corrected chi connectivity index (χ0v) is 15.5. The Bertz CT molecular complexity index is 619. The first kappa shape index (κ1) is 18.8. The van der Waals surface area contributed by atoms with E-state index in [-0.39, 0.29) is 17.5 Å². The molecule has 2 rings (SSSR count). The quantitative estimate of drug-likeness (QED) is 0.786. The maximum Gasteiger partial charge on any atom is 0.263 e. The van der Waals surface area contributed by atoms with Crippen LogP contribution in [0.5, 0.6) is 0 Å². The number of carbonyl (C=O) groups excluding carboxylic acids is 1. The van der Waals surface area contributed by atoms with E-state index >= 15 is 0 Å². The van der Waals surface area contributed by atoms with Crippen LogP contribution in [0.4, 0.5) is 0 Å². The molecule has 0 radical (unpaired) electrons. The van der Waals surface area contributed by atoms with E-state index in [1.807, 2.05) is 10.6 Å². The molecule has 0 bridgehead atoms. The number of fused-ring (bicyclic) bond motifs is 1. The highest BCUT2D eigenvalue weighted by Crippen LogP contribution is 2.21. The van der Waals surface area contributed by atoms with E-state index in [9.17, 15) is 9.59 Å². The summed E-state index contributed by atoms with van der Waals surface area (Å²) in [7, 11) is 0. The summed E-state index contributed by atoms with van der Waals surface area (Å²) in [5.74, 6) is -0.195. The third kappa shape index (κ3) is 4.28. The van der Waals surface area contributed by atoms with Crippen LogP contribution in [0.3, 0.4) is 0 Å². The Kier molecular flexibility index (Phi) is 7.07. The molecule has 134 valence electrons. The molecule has 0 fully saturated rings. The number of hydrogen-bond acceptors (Lipinski definition) is 2. The molecular formula is C20H32N2O2. The largest absolute Gasteiger partial charge is 0.349 e. The van der Waals surface area contributed by atoms with Crippen molar-refractivity contribution in [1.82, 2.24) is 9.88 Å². The maximum absolute atomic E-state index is 12.9. The zero-order valence-electron chi connectivity index (χ0n) is 15.5. The molecule has 1 aliphatic carbocycles. The summed E-state index contributed by atoms with van der Waals surface area (Å²) >= 11 is 0. The van der Waals surface area contributed by atoms with Crippen LogP contribution in [0, 0.1) is 0 Å². The van der Waals surface area contributed by atoms with Crippen molar-refractivity contribution in [2.45, 2.75) is 91.1 Å². The summed E-state index contributed by atoms with van der Waals surface area (Å²) < 4.78 is 1.88. The average Bonchev–Trinajstić information content (AvgIpc) is 2.60. The van der Waals surface area contributed by atoms with E-state index in [0.29, 0.717) is 5.56 Å². The van der Waals surface area contributed by atoms with Crippen molar-refractivity contribution in [3.8, 4) is 0 Å². The summed E-state index contributed by atoms with van der Waals surface area (Å²) in [6, 6.07) is 2.02. The fraction of sp³-hybridized carbons (Fsp3) is 0.700. The molecule has 1 aliphatic rings. The van der Waals surface area contributed by atoms with Crippen molar-refractivity contribution < 1.29 is 4.79 Å². The normalized spacial score (nSPS) is 15.0. The van der Waals surface area contributed by atoms with Crippen LogP contribution in [0.2, 0.25) is 0 Å². The molecule has 1 aromatic heterocycles. The number of pyridine rings is 1. The highest BCUT2D eigenvalue weighted by Gasteiger charge is 2.22. The SMILES string of the molecule is CCCCn1c2c(cc(C(=O)NC(CC)CCC)c1=O)CCCC2. The van der Waals surface area contributed by atoms with Crippen molar-refractivity contribution in [2.75, 3.05) is 0 Å². The monoisotopic (exact) mass is 332 g/mol. The van der Waals surface area contributed by atoms with Crippen molar-refractivity contribution in [3.05, 3.63) is 33.2 Å². The minimum absolute atomic E-state index is 0.104. The third-order valence-corrected chi connectivity index (χ3v) is 5.05. The number of rotatable bonds is 8. The number of carbonyl (C=O) groups is 1. The highest BCUT2D eigenvalue weighted by molar-refractivity contribution is 5.94. The molecule has 1 amide bonds. The molecule has 1 aromatic rings. The van der Waals surface area contributed by atoms with Crippen molar-refractivity contribution in [2.24, 2.45) is 0 Å². The van der Waals surface area contributed by atoms with Gasteiger partial charge in [0.15, 0.2) is 0 Å². The second-order valence-corrected chi connectivity index (χ2v) is 6.91. The second kappa shape index (κ2) is 9.05. The number of hydrogen-bond donors (Lipinski definition) is 1. The van der Waals surface area contributed by atoms with Crippen LogP contribution < -0.4 is 10.9 Å². The van der Waals surface area contributed by atoms with E-state index in [1.54, 1.807) is 0 Å². The first-order chi connectivity index (χ1) is 11.6. The Morgan fingerprint density at radius 3 is 2.62 bits per heavy atom. The van der Waals surface area contributed by atoms with Crippen LogP contribution in [0.25, 0.3) is 0 Å². The van der Waals surface area contributed by atoms with Crippen molar-refractivity contribution in [3.63, 3.8) is 0 Å². The fourth-order valence-electron chi connectivity index (χ4n) is 3.59. The molecule has 24 heavy (non-hydrogen) atoms. The minimum atomic E-state index is -0.195. The highest BCUT2D eigenvalue weighted by atomic mass is 16.2. The zero-order chi connectivity index (χ0) is 17.5. The molecule has 0 saturated carbocycles. The lowest BCUT2D eigenvalue weighted by Gasteiger charge is -2.23. The number of nitrogens with one attached hydrogen (secondary N) is 1. The topological polar surface area (TPSA) is 51.1 Å². The van der Waals surface area contributed by atoms with E-state index < -0.39 is 0 Å². The van der Waals surface area contributed by atoms with Gasteiger partial charge in [-0.15, -0.1) is 0 Å². The second-order valence-electron chi connectivity index (χ2n) is 6.91. The van der Waals surface area contributed by atoms with Gasteiger partial charge in [-0.2, -0.15) is 0 Å². The Hall–Kier alpha value is -1.58. The summed E-state index contributed by atoms with van der Waals surface area (Å²) in [6.45, 7) is 7.05. The van der Waals surface area contributed by atoms with Crippen LogP contribution in [0.1, 0.15) is 87.3 Å². The first-order valence-corrected chi connectivity index (χ1v) is 9.68. The Labute approximate surface area is 145 Å². The van der Waals surface area contributed by atoms with Gasteiger partial charge in [0, 0.05) is 18.3 Å². The summed E-state index contributed by atoms with van der Waals surface area (Å²) in [4.78, 5) is 25.6. The minimum Gasteiger partial charge on any atom is -0.349 e. The average molecular weight is 332 g/mol. The molecule has 0 saturated heterocycles. The van der Waals surface area contributed by atoms with Gasteiger partial charge in [0.1, 0.15) is 5.56 Å².